The zero-order valence-electron chi connectivity index (χ0n) is 13.6. The smallest absolute Gasteiger partial charge is 0.268 e. The lowest BCUT2D eigenvalue weighted by Crippen LogP contribution is -2.48. The van der Waals surface area contributed by atoms with Gasteiger partial charge in [0, 0.05) is 6.04 Å². The summed E-state index contributed by atoms with van der Waals surface area (Å²) in [5.41, 5.74) is 7.03. The summed E-state index contributed by atoms with van der Waals surface area (Å²) < 4.78 is 5.80. The lowest BCUT2D eigenvalue weighted by molar-refractivity contribution is -0.126. The van der Waals surface area contributed by atoms with Crippen molar-refractivity contribution in [2.45, 2.75) is 58.3 Å². The predicted octanol–water partition coefficient (Wildman–Crippen LogP) is 2.37. The standard InChI is InChI=1S/C17H26N2O3/c1-4-15-17(21)19(11(2)3)13-10-12(7-8-16(13)22-15)14(20)6-5-9-18/h7-8,10-11,14-15,20H,4-6,9,18H2,1-3H3. The van der Waals surface area contributed by atoms with Crippen molar-refractivity contribution in [2.75, 3.05) is 11.4 Å². The molecule has 3 N–H and O–H groups in total. The van der Waals surface area contributed by atoms with E-state index in [1.165, 1.54) is 0 Å². The number of fused-ring (bicyclic) bond motifs is 1. The minimum atomic E-state index is -0.568. The van der Waals surface area contributed by atoms with Gasteiger partial charge in [0.05, 0.1) is 11.8 Å². The second kappa shape index (κ2) is 7.11. The summed E-state index contributed by atoms with van der Waals surface area (Å²) in [6.07, 6.45) is 1.02. The van der Waals surface area contributed by atoms with Gasteiger partial charge in [0.15, 0.2) is 6.10 Å². The molecule has 122 valence electrons. The summed E-state index contributed by atoms with van der Waals surface area (Å²) in [7, 11) is 0. The van der Waals surface area contributed by atoms with Crippen LogP contribution in [0.1, 0.15) is 51.7 Å². The quantitative estimate of drug-likeness (QED) is 0.846. The Kier molecular flexibility index (Phi) is 5.42. The molecule has 0 aliphatic carbocycles. The van der Waals surface area contributed by atoms with Gasteiger partial charge in [-0.3, -0.25) is 4.79 Å². The van der Waals surface area contributed by atoms with E-state index >= 15 is 0 Å². The molecular weight excluding hydrogens is 280 g/mol. The second-order valence-electron chi connectivity index (χ2n) is 5.99. The van der Waals surface area contributed by atoms with Gasteiger partial charge in [-0.05, 0) is 57.4 Å². The number of carbonyl (C=O) groups is 1. The molecule has 0 radical (unpaired) electrons. The number of hydrogen-bond donors (Lipinski definition) is 2. The van der Waals surface area contributed by atoms with Crippen LogP contribution >= 0.6 is 0 Å². The molecule has 0 aromatic heterocycles. The summed E-state index contributed by atoms with van der Waals surface area (Å²) in [5, 5.41) is 10.2. The number of ether oxygens (including phenoxy) is 1. The van der Waals surface area contributed by atoms with E-state index in [1.807, 2.05) is 39.0 Å². The Balaban J connectivity index is 2.36. The van der Waals surface area contributed by atoms with Crippen LogP contribution in [-0.4, -0.2) is 29.7 Å². The highest BCUT2D eigenvalue weighted by atomic mass is 16.5. The minimum Gasteiger partial charge on any atom is -0.478 e. The molecule has 5 heteroatoms. The van der Waals surface area contributed by atoms with Crippen molar-refractivity contribution in [3.8, 4) is 5.75 Å². The fourth-order valence-corrected chi connectivity index (χ4v) is 2.78. The molecule has 2 atom stereocenters. The van der Waals surface area contributed by atoms with Gasteiger partial charge in [-0.1, -0.05) is 13.0 Å². The molecule has 1 amide bonds. The molecule has 0 saturated carbocycles. The number of hydrogen-bond acceptors (Lipinski definition) is 4. The van der Waals surface area contributed by atoms with E-state index in [-0.39, 0.29) is 11.9 Å². The van der Waals surface area contributed by atoms with E-state index in [0.717, 1.165) is 17.7 Å². The number of aliphatic hydroxyl groups is 1. The Morgan fingerprint density at radius 2 is 2.14 bits per heavy atom. The molecule has 2 unspecified atom stereocenters. The van der Waals surface area contributed by atoms with Crippen molar-refractivity contribution < 1.29 is 14.6 Å². The third-order valence-corrected chi connectivity index (χ3v) is 3.98. The summed E-state index contributed by atoms with van der Waals surface area (Å²) in [5.74, 6) is 0.688. The van der Waals surface area contributed by atoms with Crippen LogP contribution in [0.5, 0.6) is 5.75 Å². The maximum Gasteiger partial charge on any atom is 0.268 e. The number of carbonyl (C=O) groups excluding carboxylic acids is 1. The van der Waals surface area contributed by atoms with Crippen molar-refractivity contribution >= 4 is 11.6 Å². The molecular formula is C17H26N2O3. The molecule has 0 saturated heterocycles. The Morgan fingerprint density at radius 1 is 1.41 bits per heavy atom. The normalized spacial score (nSPS) is 19.1. The first-order valence-corrected chi connectivity index (χ1v) is 8.01. The van der Waals surface area contributed by atoms with Crippen LogP contribution in [0, 0.1) is 0 Å². The Morgan fingerprint density at radius 3 is 2.73 bits per heavy atom. The van der Waals surface area contributed by atoms with E-state index in [4.69, 9.17) is 10.5 Å². The fourth-order valence-electron chi connectivity index (χ4n) is 2.78. The molecule has 0 bridgehead atoms. The summed E-state index contributed by atoms with van der Waals surface area (Å²) >= 11 is 0. The first kappa shape index (κ1) is 16.8. The van der Waals surface area contributed by atoms with Crippen LogP contribution in [0.4, 0.5) is 5.69 Å². The highest BCUT2D eigenvalue weighted by molar-refractivity contribution is 6.00. The number of rotatable bonds is 6. The largest absolute Gasteiger partial charge is 0.478 e. The van der Waals surface area contributed by atoms with Crippen LogP contribution in [0.25, 0.3) is 0 Å². The minimum absolute atomic E-state index is 0.0152. The van der Waals surface area contributed by atoms with Crippen molar-refractivity contribution in [3.63, 3.8) is 0 Å². The van der Waals surface area contributed by atoms with Gasteiger partial charge >= 0.3 is 0 Å². The maximum atomic E-state index is 12.5. The van der Waals surface area contributed by atoms with Crippen molar-refractivity contribution in [3.05, 3.63) is 23.8 Å². The Bertz CT molecular complexity index is 531. The maximum absolute atomic E-state index is 12.5. The van der Waals surface area contributed by atoms with Crippen molar-refractivity contribution in [1.82, 2.24) is 0 Å². The number of nitrogens with zero attached hydrogens (tertiary/aromatic N) is 1. The highest BCUT2D eigenvalue weighted by Gasteiger charge is 2.35. The Hall–Kier alpha value is -1.59. The molecule has 0 fully saturated rings. The number of benzene rings is 1. The Labute approximate surface area is 132 Å². The van der Waals surface area contributed by atoms with Gasteiger partial charge in [-0.2, -0.15) is 0 Å². The molecule has 0 spiro atoms. The molecule has 5 nitrogen and oxygen atoms in total. The van der Waals surface area contributed by atoms with E-state index in [9.17, 15) is 9.90 Å². The number of aliphatic hydroxyl groups excluding tert-OH is 1. The van der Waals surface area contributed by atoms with Gasteiger partial charge in [-0.25, -0.2) is 0 Å². The van der Waals surface area contributed by atoms with E-state index in [1.54, 1.807) is 4.90 Å². The molecule has 1 aliphatic heterocycles. The zero-order valence-corrected chi connectivity index (χ0v) is 13.6. The first-order valence-electron chi connectivity index (χ1n) is 8.01. The average molecular weight is 306 g/mol. The predicted molar refractivity (Wildman–Crippen MR) is 87.0 cm³/mol. The lowest BCUT2D eigenvalue weighted by atomic mass is 10.0. The zero-order chi connectivity index (χ0) is 16.3. The van der Waals surface area contributed by atoms with Crippen LogP contribution in [-0.2, 0) is 4.79 Å². The SMILES string of the molecule is CCC1Oc2ccc(C(O)CCCN)cc2N(C(C)C)C1=O. The van der Waals surface area contributed by atoms with E-state index < -0.39 is 12.2 Å². The molecule has 2 rings (SSSR count). The van der Waals surface area contributed by atoms with Gasteiger partial charge in [0.2, 0.25) is 0 Å². The van der Waals surface area contributed by atoms with Crippen LogP contribution < -0.4 is 15.4 Å². The van der Waals surface area contributed by atoms with Crippen molar-refractivity contribution in [2.24, 2.45) is 5.73 Å². The third kappa shape index (κ3) is 3.25. The number of amides is 1. The highest BCUT2D eigenvalue weighted by Crippen LogP contribution is 2.38. The molecule has 22 heavy (non-hydrogen) atoms. The third-order valence-electron chi connectivity index (χ3n) is 3.98. The van der Waals surface area contributed by atoms with Crippen LogP contribution in [0.2, 0.25) is 0 Å². The van der Waals surface area contributed by atoms with Gasteiger partial charge in [0.1, 0.15) is 5.75 Å². The average Bonchev–Trinajstić information content (AvgIpc) is 2.50. The van der Waals surface area contributed by atoms with E-state index in [2.05, 4.69) is 0 Å². The van der Waals surface area contributed by atoms with Crippen LogP contribution in [0.3, 0.4) is 0 Å². The number of anilines is 1. The number of nitrogens with two attached hydrogens (primary N) is 1. The first-order chi connectivity index (χ1) is 10.5. The topological polar surface area (TPSA) is 75.8 Å². The molecule has 1 aromatic carbocycles. The van der Waals surface area contributed by atoms with Gasteiger partial charge in [-0.15, -0.1) is 0 Å². The van der Waals surface area contributed by atoms with Crippen molar-refractivity contribution in [1.29, 1.82) is 0 Å². The molecule has 1 aliphatic rings. The summed E-state index contributed by atoms with van der Waals surface area (Å²) in [4.78, 5) is 14.3. The second-order valence-corrected chi connectivity index (χ2v) is 5.99. The summed E-state index contributed by atoms with van der Waals surface area (Å²) in [6.45, 7) is 6.46. The molecule has 1 aromatic rings. The summed E-state index contributed by atoms with van der Waals surface area (Å²) in [6, 6.07) is 5.61. The fraction of sp³-hybridized carbons (Fsp3) is 0.588. The van der Waals surface area contributed by atoms with E-state index in [0.29, 0.717) is 25.1 Å². The van der Waals surface area contributed by atoms with Gasteiger partial charge < -0.3 is 20.5 Å². The van der Waals surface area contributed by atoms with Gasteiger partial charge in [0.25, 0.3) is 5.91 Å². The monoisotopic (exact) mass is 306 g/mol. The molecule has 1 heterocycles. The van der Waals surface area contributed by atoms with Crippen LogP contribution in [0.15, 0.2) is 18.2 Å². The lowest BCUT2D eigenvalue weighted by Gasteiger charge is -2.37.